The van der Waals surface area contributed by atoms with E-state index in [1.807, 2.05) is 25.7 Å². The average Bonchev–Trinajstić information content (AvgIpc) is 3.49. The smallest absolute Gasteiger partial charge is 0.201 e. The Balaban J connectivity index is 0.000000845. The average molecular weight is 536 g/mol. The normalized spacial score (nSPS) is 35.9. The van der Waals surface area contributed by atoms with Crippen LogP contribution in [0.5, 0.6) is 0 Å². The summed E-state index contributed by atoms with van der Waals surface area (Å²) < 4.78 is 6.66. The summed E-state index contributed by atoms with van der Waals surface area (Å²) in [6.45, 7) is 16.5. The molecule has 212 valence electrons. The monoisotopic (exact) mass is 535 g/mol. The summed E-state index contributed by atoms with van der Waals surface area (Å²) in [5.41, 5.74) is 4.67. The molecule has 5 aliphatic rings. The number of carbonyl (C=O) groups excluding carboxylic acids is 2. The first-order chi connectivity index (χ1) is 19.1. The standard InChI is InChI=1S/C31H41NO3.2CH2O/c1-3-25-19-32(20-26(25)4-2)23-29(27-10-6-5-7-11-27)13-15-31(16-14-29)33-22-28-18-30(28)12-8-9-24(17-30)21-34-35-31;2*1-2/h3-7,10-11,24,28H,1-2,8-9,12-23H2;2*1H2. The van der Waals surface area contributed by atoms with Gasteiger partial charge < -0.3 is 14.3 Å². The van der Waals surface area contributed by atoms with Crippen LogP contribution in [0.1, 0.15) is 63.4 Å². The summed E-state index contributed by atoms with van der Waals surface area (Å²) in [4.78, 5) is 30.7. The van der Waals surface area contributed by atoms with Gasteiger partial charge in [0.25, 0.3) is 0 Å². The Hall–Kier alpha value is -2.38. The predicted molar refractivity (Wildman–Crippen MR) is 153 cm³/mol. The van der Waals surface area contributed by atoms with Crippen LogP contribution in [0, 0.1) is 17.3 Å². The number of rotatable bonds is 5. The van der Waals surface area contributed by atoms with E-state index < -0.39 is 5.79 Å². The molecule has 3 unspecified atom stereocenters. The highest BCUT2D eigenvalue weighted by molar-refractivity contribution is 5.38. The molecule has 0 aromatic heterocycles. The van der Waals surface area contributed by atoms with E-state index in [1.54, 1.807) is 0 Å². The number of benzene rings is 1. The molecule has 39 heavy (non-hydrogen) atoms. The van der Waals surface area contributed by atoms with Gasteiger partial charge in [-0.2, -0.15) is 0 Å². The predicted octanol–water partition coefficient (Wildman–Crippen LogP) is 5.98. The zero-order valence-corrected chi connectivity index (χ0v) is 23.4. The van der Waals surface area contributed by atoms with Gasteiger partial charge in [-0.3, -0.25) is 4.90 Å². The second kappa shape index (κ2) is 12.9. The van der Waals surface area contributed by atoms with Crippen molar-refractivity contribution < 1.29 is 24.1 Å². The van der Waals surface area contributed by atoms with Crippen LogP contribution in [0.2, 0.25) is 0 Å². The summed E-state index contributed by atoms with van der Waals surface area (Å²) in [7, 11) is 0. The van der Waals surface area contributed by atoms with Crippen LogP contribution in [-0.4, -0.2) is 57.1 Å². The second-order valence-electron chi connectivity index (χ2n) is 12.1. The SMILES string of the molecule is C=CC1=C(C=C)CN(CC2(c3ccccc3)CCC3(CC2)OCC2CC24CCCC(COO3)C4)C1.C=O.C=O. The van der Waals surface area contributed by atoms with E-state index in [4.69, 9.17) is 24.1 Å². The molecule has 2 aliphatic heterocycles. The van der Waals surface area contributed by atoms with Crippen molar-refractivity contribution in [2.45, 2.75) is 69.0 Å². The van der Waals surface area contributed by atoms with Crippen LogP contribution in [0.4, 0.5) is 0 Å². The highest BCUT2D eigenvalue weighted by Gasteiger charge is 2.57. The first-order valence-electron chi connectivity index (χ1n) is 14.3. The number of ether oxygens (including phenoxy) is 1. The molecule has 3 saturated carbocycles. The second-order valence-corrected chi connectivity index (χ2v) is 12.1. The fourth-order valence-corrected chi connectivity index (χ4v) is 7.74. The third-order valence-electron chi connectivity index (χ3n) is 9.98. The molecule has 0 N–H and O–H groups in total. The lowest BCUT2D eigenvalue weighted by Crippen LogP contribution is -2.50. The Morgan fingerprint density at radius 3 is 2.18 bits per heavy atom. The summed E-state index contributed by atoms with van der Waals surface area (Å²) in [6, 6.07) is 11.1. The summed E-state index contributed by atoms with van der Waals surface area (Å²) in [5.74, 6) is 0.766. The zero-order chi connectivity index (χ0) is 27.9. The fourth-order valence-electron chi connectivity index (χ4n) is 7.74. The number of hydrogen-bond donors (Lipinski definition) is 0. The Morgan fingerprint density at radius 1 is 0.872 bits per heavy atom. The van der Waals surface area contributed by atoms with E-state index >= 15 is 0 Å². The molecule has 6 heteroatoms. The van der Waals surface area contributed by atoms with Gasteiger partial charge in [0, 0.05) is 37.9 Å². The maximum atomic E-state index is 8.00. The largest absolute Gasteiger partial charge is 0.347 e. The van der Waals surface area contributed by atoms with Crippen LogP contribution >= 0.6 is 0 Å². The molecule has 2 spiro atoms. The molecule has 3 aliphatic carbocycles. The Kier molecular flexibility index (Phi) is 9.76. The molecule has 3 atom stereocenters. The van der Waals surface area contributed by atoms with E-state index in [9.17, 15) is 0 Å². The first kappa shape index (κ1) is 29.6. The van der Waals surface area contributed by atoms with Gasteiger partial charge in [-0.25, -0.2) is 9.78 Å². The van der Waals surface area contributed by atoms with Gasteiger partial charge in [0.1, 0.15) is 13.6 Å². The lowest BCUT2D eigenvalue weighted by atomic mass is 9.67. The Bertz CT molecular complexity index is 992. The molecule has 1 saturated heterocycles. The minimum absolute atomic E-state index is 0.0781. The molecular formula is C33H45NO5. The van der Waals surface area contributed by atoms with Gasteiger partial charge in [-0.05, 0) is 72.5 Å². The summed E-state index contributed by atoms with van der Waals surface area (Å²) in [5, 5.41) is 0. The van der Waals surface area contributed by atoms with Crippen molar-refractivity contribution in [3.05, 3.63) is 72.4 Å². The van der Waals surface area contributed by atoms with Gasteiger partial charge >= 0.3 is 0 Å². The molecule has 6 nitrogen and oxygen atoms in total. The lowest BCUT2D eigenvalue weighted by Gasteiger charge is -2.47. The maximum absolute atomic E-state index is 8.00. The van der Waals surface area contributed by atoms with Gasteiger partial charge in [-0.15, -0.1) is 0 Å². The number of hydrogen-bond acceptors (Lipinski definition) is 6. The van der Waals surface area contributed by atoms with Crippen LogP contribution in [-0.2, 0) is 29.5 Å². The highest BCUT2D eigenvalue weighted by Crippen LogP contribution is 2.63. The number of carbonyl (C=O) groups is 2. The third kappa shape index (κ3) is 6.19. The molecule has 2 bridgehead atoms. The molecular weight excluding hydrogens is 490 g/mol. The van der Waals surface area contributed by atoms with E-state index in [2.05, 4.69) is 48.4 Å². The quantitative estimate of drug-likeness (QED) is 0.432. The molecule has 0 amide bonds. The van der Waals surface area contributed by atoms with Crippen LogP contribution in [0.15, 0.2) is 66.8 Å². The highest BCUT2D eigenvalue weighted by atomic mass is 17.2. The van der Waals surface area contributed by atoms with E-state index in [0.717, 1.165) is 64.4 Å². The first-order valence-corrected chi connectivity index (χ1v) is 14.3. The van der Waals surface area contributed by atoms with Crippen molar-refractivity contribution in [3.8, 4) is 0 Å². The van der Waals surface area contributed by atoms with Crippen LogP contribution < -0.4 is 0 Å². The van der Waals surface area contributed by atoms with Crippen molar-refractivity contribution in [2.75, 3.05) is 32.8 Å². The van der Waals surface area contributed by atoms with Crippen LogP contribution in [0.3, 0.4) is 0 Å². The third-order valence-corrected chi connectivity index (χ3v) is 9.98. The molecule has 6 rings (SSSR count). The summed E-state index contributed by atoms with van der Waals surface area (Å²) >= 11 is 0. The zero-order valence-electron chi connectivity index (χ0n) is 23.4. The van der Waals surface area contributed by atoms with Crippen molar-refractivity contribution >= 4 is 13.6 Å². The van der Waals surface area contributed by atoms with E-state index in [1.165, 1.54) is 48.8 Å². The van der Waals surface area contributed by atoms with Crippen LogP contribution in [0.25, 0.3) is 0 Å². The Morgan fingerprint density at radius 2 is 1.54 bits per heavy atom. The number of fused-ring (bicyclic) bond motifs is 1. The van der Waals surface area contributed by atoms with Gasteiger partial charge in [0.2, 0.25) is 5.79 Å². The van der Waals surface area contributed by atoms with Gasteiger partial charge in [0.15, 0.2) is 0 Å². The van der Waals surface area contributed by atoms with Crippen molar-refractivity contribution in [1.82, 2.24) is 4.90 Å². The molecule has 4 fully saturated rings. The Labute approximate surface area is 234 Å². The topological polar surface area (TPSA) is 65.1 Å². The fraction of sp³-hybridized carbons (Fsp3) is 0.576. The van der Waals surface area contributed by atoms with Gasteiger partial charge in [-0.1, -0.05) is 62.1 Å². The van der Waals surface area contributed by atoms with Crippen molar-refractivity contribution in [2.24, 2.45) is 17.3 Å². The van der Waals surface area contributed by atoms with E-state index in [-0.39, 0.29) is 5.41 Å². The van der Waals surface area contributed by atoms with E-state index in [0.29, 0.717) is 11.3 Å². The summed E-state index contributed by atoms with van der Waals surface area (Å²) in [6.07, 6.45) is 14.4. The molecule has 1 aromatic carbocycles. The lowest BCUT2D eigenvalue weighted by molar-refractivity contribution is -0.443. The minimum atomic E-state index is -0.602. The maximum Gasteiger partial charge on any atom is 0.201 e. The number of nitrogens with zero attached hydrogens (tertiary/aromatic N) is 1. The van der Waals surface area contributed by atoms with Gasteiger partial charge in [0.05, 0.1) is 13.2 Å². The molecule has 2 heterocycles. The van der Waals surface area contributed by atoms with Crippen molar-refractivity contribution in [1.29, 1.82) is 0 Å². The van der Waals surface area contributed by atoms with Crippen molar-refractivity contribution in [3.63, 3.8) is 0 Å². The molecule has 1 aromatic rings. The molecule has 0 radical (unpaired) electrons. The minimum Gasteiger partial charge on any atom is -0.347 e.